The van der Waals surface area contributed by atoms with Crippen molar-refractivity contribution in [3.05, 3.63) is 23.4 Å². The highest BCUT2D eigenvalue weighted by molar-refractivity contribution is 5.76. The molecule has 1 aromatic rings. The SMILES string of the molecule is Nc1cc(C=O)cc(C(F)(F)F)n1. The number of anilines is 1. The molecule has 3 nitrogen and oxygen atoms in total. The van der Waals surface area contributed by atoms with Gasteiger partial charge >= 0.3 is 6.18 Å². The normalized spacial score (nSPS) is 11.3. The summed E-state index contributed by atoms with van der Waals surface area (Å²) >= 11 is 0. The van der Waals surface area contributed by atoms with Crippen LogP contribution in [0.15, 0.2) is 12.1 Å². The van der Waals surface area contributed by atoms with Gasteiger partial charge in [0.1, 0.15) is 17.8 Å². The molecule has 70 valence electrons. The molecule has 0 amide bonds. The van der Waals surface area contributed by atoms with Crippen molar-refractivity contribution < 1.29 is 18.0 Å². The molecule has 1 aromatic heterocycles. The van der Waals surface area contributed by atoms with Crippen LogP contribution in [0.25, 0.3) is 0 Å². The molecule has 0 aliphatic heterocycles. The van der Waals surface area contributed by atoms with Crippen LogP contribution in [0.1, 0.15) is 16.1 Å². The van der Waals surface area contributed by atoms with E-state index in [1.54, 1.807) is 0 Å². The van der Waals surface area contributed by atoms with Crippen LogP contribution in [0, 0.1) is 0 Å². The number of rotatable bonds is 1. The zero-order valence-electron chi connectivity index (χ0n) is 6.30. The fraction of sp³-hybridized carbons (Fsp3) is 0.143. The van der Waals surface area contributed by atoms with Gasteiger partial charge in [0.2, 0.25) is 0 Å². The number of nitrogen functional groups attached to an aromatic ring is 1. The zero-order valence-corrected chi connectivity index (χ0v) is 6.30. The second-order valence-corrected chi connectivity index (χ2v) is 2.33. The van der Waals surface area contributed by atoms with Crippen molar-refractivity contribution in [3.63, 3.8) is 0 Å². The Bertz CT molecular complexity index is 335. The quantitative estimate of drug-likeness (QED) is 0.682. The lowest BCUT2D eigenvalue weighted by Crippen LogP contribution is -2.10. The average Bonchev–Trinajstić information content (AvgIpc) is 2.01. The van der Waals surface area contributed by atoms with Gasteiger partial charge in [-0.05, 0) is 12.1 Å². The standard InChI is InChI=1S/C7H5F3N2O/c8-7(9,10)5-1-4(3-13)2-6(11)12-5/h1-3H,(H2,11,12). The molecule has 0 aliphatic rings. The van der Waals surface area contributed by atoms with Crippen molar-refractivity contribution in [2.45, 2.75) is 6.18 Å². The predicted molar refractivity (Wildman–Crippen MR) is 39.0 cm³/mol. The first-order valence-corrected chi connectivity index (χ1v) is 3.23. The first kappa shape index (κ1) is 9.50. The number of nitrogens with zero attached hydrogens (tertiary/aromatic N) is 1. The van der Waals surface area contributed by atoms with Crippen LogP contribution < -0.4 is 5.73 Å². The number of pyridine rings is 1. The Morgan fingerprint density at radius 3 is 2.46 bits per heavy atom. The summed E-state index contributed by atoms with van der Waals surface area (Å²) in [5.74, 6) is -0.322. The Kier molecular flexibility index (Phi) is 2.22. The third kappa shape index (κ3) is 2.17. The molecule has 1 heterocycles. The summed E-state index contributed by atoms with van der Waals surface area (Å²) in [5, 5.41) is 0. The van der Waals surface area contributed by atoms with E-state index < -0.39 is 11.9 Å². The summed E-state index contributed by atoms with van der Waals surface area (Å²) in [6.45, 7) is 0. The molecular weight excluding hydrogens is 185 g/mol. The minimum Gasteiger partial charge on any atom is -0.384 e. The Morgan fingerprint density at radius 1 is 1.38 bits per heavy atom. The monoisotopic (exact) mass is 190 g/mol. The van der Waals surface area contributed by atoms with Gasteiger partial charge in [-0.15, -0.1) is 0 Å². The molecule has 1 rings (SSSR count). The number of hydrogen-bond donors (Lipinski definition) is 1. The largest absolute Gasteiger partial charge is 0.433 e. The van der Waals surface area contributed by atoms with Crippen molar-refractivity contribution in [1.29, 1.82) is 0 Å². The molecule has 0 aliphatic carbocycles. The van der Waals surface area contributed by atoms with Crippen LogP contribution in [0.3, 0.4) is 0 Å². The number of hydrogen-bond acceptors (Lipinski definition) is 3. The summed E-state index contributed by atoms with van der Waals surface area (Å²) in [6, 6.07) is 1.71. The van der Waals surface area contributed by atoms with E-state index in [0.29, 0.717) is 6.07 Å². The third-order valence-corrected chi connectivity index (χ3v) is 1.29. The van der Waals surface area contributed by atoms with Gasteiger partial charge < -0.3 is 5.73 Å². The van der Waals surface area contributed by atoms with E-state index in [0.717, 1.165) is 6.07 Å². The maximum Gasteiger partial charge on any atom is 0.433 e. The van der Waals surface area contributed by atoms with Crippen molar-refractivity contribution in [1.82, 2.24) is 4.98 Å². The van der Waals surface area contributed by atoms with Crippen molar-refractivity contribution in [2.24, 2.45) is 0 Å². The molecule has 0 unspecified atom stereocenters. The molecule has 0 atom stereocenters. The number of alkyl halides is 3. The highest BCUT2D eigenvalue weighted by atomic mass is 19.4. The Morgan fingerprint density at radius 2 is 2.00 bits per heavy atom. The van der Waals surface area contributed by atoms with E-state index in [1.165, 1.54) is 0 Å². The lowest BCUT2D eigenvalue weighted by atomic mass is 10.2. The van der Waals surface area contributed by atoms with Gasteiger partial charge in [0, 0.05) is 5.56 Å². The van der Waals surface area contributed by atoms with Crippen LogP contribution in [0.2, 0.25) is 0 Å². The molecular formula is C7H5F3N2O. The van der Waals surface area contributed by atoms with Gasteiger partial charge in [0.15, 0.2) is 0 Å². The van der Waals surface area contributed by atoms with E-state index >= 15 is 0 Å². The highest BCUT2D eigenvalue weighted by Gasteiger charge is 2.32. The van der Waals surface area contributed by atoms with Crippen LogP contribution in [0.5, 0.6) is 0 Å². The Hall–Kier alpha value is -1.59. The molecule has 0 radical (unpaired) electrons. The maximum atomic E-state index is 12.1. The summed E-state index contributed by atoms with van der Waals surface area (Å²) in [7, 11) is 0. The molecule has 0 spiro atoms. The summed E-state index contributed by atoms with van der Waals surface area (Å²) in [6.07, 6.45) is -4.29. The molecule has 0 bridgehead atoms. The zero-order chi connectivity index (χ0) is 10.1. The summed E-state index contributed by atoms with van der Waals surface area (Å²) in [5.41, 5.74) is 3.76. The van der Waals surface area contributed by atoms with Crippen LogP contribution in [-0.2, 0) is 6.18 Å². The Labute approximate surface area is 71.4 Å². The molecule has 13 heavy (non-hydrogen) atoms. The number of aromatic nitrogens is 1. The van der Waals surface area contributed by atoms with Gasteiger partial charge in [-0.2, -0.15) is 13.2 Å². The molecule has 0 saturated heterocycles. The minimum absolute atomic E-state index is 0.139. The number of aldehydes is 1. The van der Waals surface area contributed by atoms with Gasteiger partial charge in [0.25, 0.3) is 0 Å². The van der Waals surface area contributed by atoms with Crippen molar-refractivity contribution >= 4 is 12.1 Å². The number of carbonyl (C=O) groups is 1. The fourth-order valence-corrected chi connectivity index (χ4v) is 0.787. The second kappa shape index (κ2) is 3.04. The maximum absolute atomic E-state index is 12.1. The summed E-state index contributed by atoms with van der Waals surface area (Å²) < 4.78 is 36.2. The lowest BCUT2D eigenvalue weighted by Gasteiger charge is -2.06. The number of nitrogens with two attached hydrogens (primary N) is 1. The second-order valence-electron chi connectivity index (χ2n) is 2.33. The molecule has 0 saturated carbocycles. The molecule has 0 aromatic carbocycles. The van der Waals surface area contributed by atoms with Crippen molar-refractivity contribution in [3.8, 4) is 0 Å². The van der Waals surface area contributed by atoms with E-state index in [4.69, 9.17) is 5.73 Å². The highest BCUT2D eigenvalue weighted by Crippen LogP contribution is 2.28. The van der Waals surface area contributed by atoms with Gasteiger partial charge in [-0.1, -0.05) is 0 Å². The van der Waals surface area contributed by atoms with E-state index in [1.807, 2.05) is 0 Å². The van der Waals surface area contributed by atoms with Crippen LogP contribution >= 0.6 is 0 Å². The smallest absolute Gasteiger partial charge is 0.384 e. The van der Waals surface area contributed by atoms with Gasteiger partial charge in [-0.25, -0.2) is 4.98 Å². The van der Waals surface area contributed by atoms with Gasteiger partial charge in [-0.3, -0.25) is 4.79 Å². The fourth-order valence-electron chi connectivity index (χ4n) is 0.787. The molecule has 2 N–H and O–H groups in total. The van der Waals surface area contributed by atoms with Crippen molar-refractivity contribution in [2.75, 3.05) is 5.73 Å². The topological polar surface area (TPSA) is 56.0 Å². The van der Waals surface area contributed by atoms with Crippen LogP contribution in [0.4, 0.5) is 19.0 Å². The first-order valence-electron chi connectivity index (χ1n) is 3.23. The average molecular weight is 190 g/mol. The van der Waals surface area contributed by atoms with E-state index in [9.17, 15) is 18.0 Å². The summed E-state index contributed by atoms with van der Waals surface area (Å²) in [4.78, 5) is 13.2. The predicted octanol–water partition coefficient (Wildman–Crippen LogP) is 1.50. The molecule has 0 fully saturated rings. The minimum atomic E-state index is -4.58. The van der Waals surface area contributed by atoms with E-state index in [2.05, 4.69) is 4.98 Å². The lowest BCUT2D eigenvalue weighted by molar-refractivity contribution is -0.141. The van der Waals surface area contributed by atoms with Gasteiger partial charge in [0.05, 0.1) is 0 Å². The number of halogens is 3. The Balaban J connectivity index is 3.24. The third-order valence-electron chi connectivity index (χ3n) is 1.29. The first-order chi connectivity index (χ1) is 5.93. The van der Waals surface area contributed by atoms with E-state index in [-0.39, 0.29) is 17.7 Å². The van der Waals surface area contributed by atoms with Crippen LogP contribution in [-0.4, -0.2) is 11.3 Å². The number of carbonyl (C=O) groups excluding carboxylic acids is 1. The molecule has 6 heteroatoms.